The molecule has 58 valence electrons. The number of hydrogen-bond donors (Lipinski definition) is 1. The zero-order valence-electron chi connectivity index (χ0n) is 6.70. The molecule has 0 aromatic carbocycles. The van der Waals surface area contributed by atoms with Crippen LogP contribution >= 0.6 is 0 Å². The van der Waals surface area contributed by atoms with Crippen molar-refractivity contribution >= 4 is 0 Å². The van der Waals surface area contributed by atoms with Crippen LogP contribution in [0.4, 0.5) is 0 Å². The van der Waals surface area contributed by atoms with Gasteiger partial charge in [0.25, 0.3) is 0 Å². The van der Waals surface area contributed by atoms with Gasteiger partial charge in [0.1, 0.15) is 6.04 Å². The van der Waals surface area contributed by atoms with Crippen molar-refractivity contribution in [1.82, 2.24) is 14.9 Å². The molecule has 1 rings (SSSR count). The van der Waals surface area contributed by atoms with E-state index < -0.39 is 0 Å². The second kappa shape index (κ2) is 3.22. The van der Waals surface area contributed by atoms with Gasteiger partial charge in [-0.1, -0.05) is 5.92 Å². The monoisotopic (exact) mass is 149 g/mol. The Balaban J connectivity index is 2.84. The van der Waals surface area contributed by atoms with Gasteiger partial charge in [-0.05, 0) is 7.05 Å². The van der Waals surface area contributed by atoms with Gasteiger partial charge < -0.3 is 9.88 Å². The summed E-state index contributed by atoms with van der Waals surface area (Å²) in [5.41, 5.74) is 0.887. The Kier molecular flexibility index (Phi) is 2.29. The normalized spacial score (nSPS) is 12.5. The Bertz CT molecular complexity index is 269. The van der Waals surface area contributed by atoms with Gasteiger partial charge in [0.05, 0.1) is 12.0 Å². The van der Waals surface area contributed by atoms with Crippen LogP contribution in [0.1, 0.15) is 11.7 Å². The minimum atomic E-state index is -0.0730. The van der Waals surface area contributed by atoms with Gasteiger partial charge in [0.2, 0.25) is 0 Å². The average Bonchev–Trinajstić information content (AvgIpc) is 2.39. The zero-order chi connectivity index (χ0) is 8.27. The van der Waals surface area contributed by atoms with E-state index in [1.807, 2.05) is 24.9 Å². The summed E-state index contributed by atoms with van der Waals surface area (Å²) in [6.45, 7) is 0. The summed E-state index contributed by atoms with van der Waals surface area (Å²) in [7, 11) is 3.74. The van der Waals surface area contributed by atoms with Gasteiger partial charge in [0, 0.05) is 13.2 Å². The van der Waals surface area contributed by atoms with E-state index >= 15 is 0 Å². The molecule has 0 aliphatic heterocycles. The highest BCUT2D eigenvalue weighted by Crippen LogP contribution is 2.06. The highest BCUT2D eigenvalue weighted by molar-refractivity contribution is 5.15. The van der Waals surface area contributed by atoms with E-state index in [4.69, 9.17) is 6.42 Å². The lowest BCUT2D eigenvalue weighted by atomic mass is 10.2. The summed E-state index contributed by atoms with van der Waals surface area (Å²) in [6.07, 6.45) is 8.90. The topological polar surface area (TPSA) is 29.9 Å². The Morgan fingerprint density at radius 1 is 1.82 bits per heavy atom. The van der Waals surface area contributed by atoms with E-state index in [0.717, 1.165) is 5.69 Å². The van der Waals surface area contributed by atoms with Crippen molar-refractivity contribution in [1.29, 1.82) is 0 Å². The Morgan fingerprint density at radius 3 is 2.91 bits per heavy atom. The molecule has 0 fully saturated rings. The predicted octanol–water partition coefficient (Wildman–Crippen LogP) is 0.314. The lowest BCUT2D eigenvalue weighted by Crippen LogP contribution is -2.14. The van der Waals surface area contributed by atoms with Crippen LogP contribution in [0.2, 0.25) is 0 Å². The third-order valence-corrected chi connectivity index (χ3v) is 1.48. The second-order valence-electron chi connectivity index (χ2n) is 2.35. The molecule has 11 heavy (non-hydrogen) atoms. The summed E-state index contributed by atoms with van der Waals surface area (Å²) >= 11 is 0. The SMILES string of the molecule is C#CC(NC)c1cn(C)cn1. The number of terminal acetylenes is 1. The third-order valence-electron chi connectivity index (χ3n) is 1.48. The lowest BCUT2D eigenvalue weighted by molar-refractivity contribution is 0.717. The van der Waals surface area contributed by atoms with E-state index in [-0.39, 0.29) is 6.04 Å². The number of rotatable bonds is 2. The van der Waals surface area contributed by atoms with E-state index in [1.54, 1.807) is 6.33 Å². The molecule has 1 atom stereocenters. The van der Waals surface area contributed by atoms with Gasteiger partial charge >= 0.3 is 0 Å². The quantitative estimate of drug-likeness (QED) is 0.613. The molecule has 1 unspecified atom stereocenters. The minimum absolute atomic E-state index is 0.0730. The Morgan fingerprint density at radius 2 is 2.55 bits per heavy atom. The maximum absolute atomic E-state index is 5.26. The fraction of sp³-hybridized carbons (Fsp3) is 0.375. The highest BCUT2D eigenvalue weighted by atomic mass is 15.0. The summed E-state index contributed by atoms with van der Waals surface area (Å²) in [6, 6.07) is -0.0730. The third kappa shape index (κ3) is 1.60. The summed E-state index contributed by atoms with van der Waals surface area (Å²) in [5, 5.41) is 2.97. The molecule has 3 heteroatoms. The molecular weight excluding hydrogens is 138 g/mol. The Hall–Kier alpha value is -1.27. The van der Waals surface area contributed by atoms with Crippen molar-refractivity contribution in [2.45, 2.75) is 6.04 Å². The molecular formula is C8H11N3. The van der Waals surface area contributed by atoms with Crippen LogP contribution in [-0.2, 0) is 7.05 Å². The summed E-state index contributed by atoms with van der Waals surface area (Å²) in [5.74, 6) is 2.59. The highest BCUT2D eigenvalue weighted by Gasteiger charge is 2.06. The van der Waals surface area contributed by atoms with E-state index in [0.29, 0.717) is 0 Å². The molecule has 1 N–H and O–H groups in total. The van der Waals surface area contributed by atoms with Crippen LogP contribution in [0.5, 0.6) is 0 Å². The number of aryl methyl sites for hydroxylation is 1. The second-order valence-corrected chi connectivity index (χ2v) is 2.35. The number of hydrogen-bond acceptors (Lipinski definition) is 2. The number of aromatic nitrogens is 2. The van der Waals surface area contributed by atoms with Crippen molar-refractivity contribution in [2.24, 2.45) is 7.05 Å². The van der Waals surface area contributed by atoms with Crippen molar-refractivity contribution < 1.29 is 0 Å². The fourth-order valence-corrected chi connectivity index (χ4v) is 0.899. The van der Waals surface area contributed by atoms with Crippen LogP contribution in [0, 0.1) is 12.3 Å². The van der Waals surface area contributed by atoms with Crippen LogP contribution in [-0.4, -0.2) is 16.6 Å². The molecule has 0 saturated heterocycles. The predicted molar refractivity (Wildman–Crippen MR) is 43.8 cm³/mol. The van der Waals surface area contributed by atoms with E-state index in [2.05, 4.69) is 16.2 Å². The van der Waals surface area contributed by atoms with Crippen molar-refractivity contribution in [2.75, 3.05) is 7.05 Å². The van der Waals surface area contributed by atoms with Gasteiger partial charge in [-0.3, -0.25) is 0 Å². The van der Waals surface area contributed by atoms with E-state index in [1.165, 1.54) is 0 Å². The first-order valence-electron chi connectivity index (χ1n) is 3.39. The molecule has 0 spiro atoms. The molecule has 0 aliphatic rings. The van der Waals surface area contributed by atoms with Gasteiger partial charge in [0.15, 0.2) is 0 Å². The maximum atomic E-state index is 5.26. The molecule has 0 amide bonds. The molecule has 1 heterocycles. The minimum Gasteiger partial charge on any atom is -0.340 e. The number of nitrogens with zero attached hydrogens (tertiary/aromatic N) is 2. The molecule has 1 aromatic heterocycles. The fourth-order valence-electron chi connectivity index (χ4n) is 0.899. The summed E-state index contributed by atoms with van der Waals surface area (Å²) in [4.78, 5) is 4.12. The first-order chi connectivity index (χ1) is 5.27. The molecule has 3 nitrogen and oxygen atoms in total. The van der Waals surface area contributed by atoms with Crippen molar-refractivity contribution in [3.05, 3.63) is 18.2 Å². The van der Waals surface area contributed by atoms with Gasteiger partial charge in [-0.15, -0.1) is 6.42 Å². The first-order valence-corrected chi connectivity index (χ1v) is 3.39. The Labute approximate surface area is 66.4 Å². The van der Waals surface area contributed by atoms with Crippen molar-refractivity contribution in [3.8, 4) is 12.3 Å². The maximum Gasteiger partial charge on any atom is 0.113 e. The molecule has 1 aromatic rings. The standard InChI is InChI=1S/C8H11N3/c1-4-7(9-2)8-5-11(3)6-10-8/h1,5-7,9H,2-3H3. The van der Waals surface area contributed by atoms with Crippen LogP contribution in [0.25, 0.3) is 0 Å². The zero-order valence-corrected chi connectivity index (χ0v) is 6.70. The summed E-state index contributed by atoms with van der Waals surface area (Å²) < 4.78 is 1.87. The van der Waals surface area contributed by atoms with Crippen LogP contribution < -0.4 is 5.32 Å². The number of imidazole rings is 1. The smallest absolute Gasteiger partial charge is 0.113 e. The van der Waals surface area contributed by atoms with Crippen LogP contribution in [0.3, 0.4) is 0 Å². The lowest BCUT2D eigenvalue weighted by Gasteiger charge is -2.03. The molecule has 0 bridgehead atoms. The van der Waals surface area contributed by atoms with Gasteiger partial charge in [-0.2, -0.15) is 0 Å². The van der Waals surface area contributed by atoms with Crippen LogP contribution in [0.15, 0.2) is 12.5 Å². The van der Waals surface area contributed by atoms with Crippen molar-refractivity contribution in [3.63, 3.8) is 0 Å². The van der Waals surface area contributed by atoms with Gasteiger partial charge in [-0.25, -0.2) is 4.98 Å². The molecule has 0 saturated carbocycles. The first kappa shape index (κ1) is 7.83. The molecule has 0 aliphatic carbocycles. The number of nitrogens with one attached hydrogen (secondary N) is 1. The largest absolute Gasteiger partial charge is 0.340 e. The van der Waals surface area contributed by atoms with E-state index in [9.17, 15) is 0 Å². The molecule has 0 radical (unpaired) electrons. The average molecular weight is 149 g/mol.